The third-order valence-electron chi connectivity index (χ3n) is 8.69. The molecule has 3 saturated carbocycles. The normalized spacial score (nSPS) is 54.3. The molecule has 8 nitrogen and oxygen atoms in total. The van der Waals surface area contributed by atoms with Crippen LogP contribution in [0.25, 0.3) is 10.4 Å². The van der Waals surface area contributed by atoms with Crippen molar-refractivity contribution in [2.45, 2.75) is 86.9 Å². The van der Waals surface area contributed by atoms with Gasteiger partial charge in [-0.15, -0.1) is 0 Å². The Kier molecular flexibility index (Phi) is 3.70. The van der Waals surface area contributed by atoms with Crippen LogP contribution < -0.4 is 0 Å². The van der Waals surface area contributed by atoms with Gasteiger partial charge >= 0.3 is 0 Å². The van der Waals surface area contributed by atoms with E-state index in [1.54, 1.807) is 7.11 Å². The first-order valence-corrected chi connectivity index (χ1v) is 10.2. The minimum Gasteiger partial charge on any atom is -0.390 e. The van der Waals surface area contributed by atoms with Crippen LogP contribution in [0.3, 0.4) is 0 Å². The van der Waals surface area contributed by atoms with E-state index in [4.69, 9.17) is 15.0 Å². The van der Waals surface area contributed by atoms with Crippen LogP contribution in [0.15, 0.2) is 16.8 Å². The molecule has 2 heterocycles. The lowest BCUT2D eigenvalue weighted by Gasteiger charge is -2.61. The molecule has 3 aliphatic carbocycles. The van der Waals surface area contributed by atoms with Gasteiger partial charge in [0.15, 0.2) is 0 Å². The third-order valence-corrected chi connectivity index (χ3v) is 8.69. The number of fused-ring (bicyclic) bond motifs is 1. The first-order chi connectivity index (χ1) is 13.3. The average Bonchev–Trinajstić information content (AvgIpc) is 3.17. The lowest BCUT2D eigenvalue weighted by molar-refractivity contribution is -0.265. The number of nitrogens with zero attached hydrogens (tertiary/aromatic N) is 3. The number of azide groups is 1. The minimum absolute atomic E-state index is 0.0558. The molecule has 2 aliphatic heterocycles. The van der Waals surface area contributed by atoms with Gasteiger partial charge in [0.25, 0.3) is 0 Å². The average molecular weight is 389 g/mol. The molecule has 4 fully saturated rings. The summed E-state index contributed by atoms with van der Waals surface area (Å²) in [5.41, 5.74) is 7.00. The number of carbonyl (C=O) groups excluding carboxylic acids is 1. The van der Waals surface area contributed by atoms with Crippen molar-refractivity contribution >= 4 is 5.78 Å². The topological polar surface area (TPSA) is 125 Å². The Morgan fingerprint density at radius 1 is 1.32 bits per heavy atom. The molecule has 2 spiro atoms. The van der Waals surface area contributed by atoms with E-state index >= 15 is 0 Å². The first-order valence-electron chi connectivity index (χ1n) is 10.2. The quantitative estimate of drug-likeness (QED) is 0.324. The summed E-state index contributed by atoms with van der Waals surface area (Å²) in [7, 11) is 1.67. The number of ketones is 1. The van der Waals surface area contributed by atoms with Gasteiger partial charge in [0.05, 0.1) is 17.7 Å². The second-order valence-corrected chi connectivity index (χ2v) is 9.52. The number of carbonyl (C=O) groups is 1. The van der Waals surface area contributed by atoms with Gasteiger partial charge in [-0.05, 0) is 55.7 Å². The number of hydrogen-bond acceptors (Lipinski definition) is 6. The molecular weight excluding hydrogens is 362 g/mol. The van der Waals surface area contributed by atoms with Gasteiger partial charge in [0.2, 0.25) is 0 Å². The number of ether oxygens (including phenoxy) is 2. The number of Topliss-reactive ketones (excluding diaryl/α,β-unsaturated/α-hetero) is 1. The van der Waals surface area contributed by atoms with E-state index in [1.807, 2.05) is 6.08 Å². The molecule has 0 radical (unpaired) electrons. The molecule has 0 aromatic carbocycles. The summed E-state index contributed by atoms with van der Waals surface area (Å²) in [6.45, 7) is 2.07. The van der Waals surface area contributed by atoms with E-state index in [0.29, 0.717) is 37.0 Å². The predicted molar refractivity (Wildman–Crippen MR) is 98.2 cm³/mol. The molecule has 0 amide bonds. The van der Waals surface area contributed by atoms with Gasteiger partial charge in [-0.2, -0.15) is 0 Å². The van der Waals surface area contributed by atoms with Crippen molar-refractivity contribution in [3.05, 3.63) is 22.1 Å². The first kappa shape index (κ1) is 18.6. The predicted octanol–water partition coefficient (Wildman–Crippen LogP) is 2.18. The van der Waals surface area contributed by atoms with Crippen molar-refractivity contribution in [2.75, 3.05) is 7.11 Å². The van der Waals surface area contributed by atoms with E-state index in [9.17, 15) is 15.0 Å². The van der Waals surface area contributed by atoms with Crippen LogP contribution in [-0.4, -0.2) is 58.2 Å². The second kappa shape index (κ2) is 5.58. The van der Waals surface area contributed by atoms with Crippen LogP contribution in [0.4, 0.5) is 0 Å². The lowest BCUT2D eigenvalue weighted by atomic mass is 9.54. The summed E-state index contributed by atoms with van der Waals surface area (Å²) in [5, 5.41) is 25.1. The van der Waals surface area contributed by atoms with Crippen LogP contribution in [0, 0.1) is 11.3 Å². The largest absolute Gasteiger partial charge is 0.390 e. The van der Waals surface area contributed by atoms with Crippen molar-refractivity contribution < 1.29 is 24.5 Å². The van der Waals surface area contributed by atoms with Crippen molar-refractivity contribution in [2.24, 2.45) is 16.4 Å². The highest BCUT2D eigenvalue weighted by Crippen LogP contribution is 2.69. The molecule has 0 unspecified atom stereocenters. The number of hydrogen-bond donors (Lipinski definition) is 2. The minimum atomic E-state index is -1.17. The van der Waals surface area contributed by atoms with Crippen LogP contribution in [0.1, 0.15) is 51.9 Å². The number of aliphatic hydroxyl groups is 2. The SMILES string of the molecule is CO[C@@]12C=C3[C@@H](O)[C@H](O)[C@@H](N=[N+]=[N-])C[C@]34CC[C@]1(O4)[C@@H]1CCC(=O)[C@@]1(C)CC2. The molecule has 152 valence electrons. The zero-order valence-electron chi connectivity index (χ0n) is 16.3. The monoisotopic (exact) mass is 389 g/mol. The van der Waals surface area contributed by atoms with Crippen LogP contribution >= 0.6 is 0 Å². The molecule has 2 bridgehead atoms. The Balaban J connectivity index is 1.67. The summed E-state index contributed by atoms with van der Waals surface area (Å²) in [6.07, 6.45) is 4.10. The maximum atomic E-state index is 12.7. The summed E-state index contributed by atoms with van der Waals surface area (Å²) < 4.78 is 13.0. The van der Waals surface area contributed by atoms with E-state index in [0.717, 1.165) is 19.3 Å². The molecule has 8 atom stereocenters. The maximum absolute atomic E-state index is 12.7. The molecule has 1 saturated heterocycles. The van der Waals surface area contributed by atoms with E-state index in [-0.39, 0.29) is 5.92 Å². The van der Waals surface area contributed by atoms with Crippen molar-refractivity contribution in [1.29, 1.82) is 0 Å². The van der Waals surface area contributed by atoms with Gasteiger partial charge in [-0.3, -0.25) is 4.79 Å². The molecule has 5 rings (SSSR count). The highest BCUT2D eigenvalue weighted by Gasteiger charge is 2.75. The van der Waals surface area contributed by atoms with Crippen molar-refractivity contribution in [1.82, 2.24) is 0 Å². The molecule has 0 aromatic rings. The van der Waals surface area contributed by atoms with E-state index in [1.165, 1.54) is 0 Å². The standard InChI is InChI=1S/C20H27N3O5/c1-17-5-7-19(27-2)9-11-15(25)16(26)12(22-23-21)10-18(11)6-8-20(19,28-18)13(17)3-4-14(17)24/h9,12-13,15-16,25-26H,3-8,10H2,1-2H3/t12-,13+,15+,16+,17-,18+,19-,20-/m0/s1. The molecule has 2 N–H and O–H groups in total. The Morgan fingerprint density at radius 3 is 2.82 bits per heavy atom. The summed E-state index contributed by atoms with van der Waals surface area (Å²) in [5.74, 6) is 0.363. The molecule has 0 aromatic heterocycles. The van der Waals surface area contributed by atoms with Crippen LogP contribution in [0.5, 0.6) is 0 Å². The molecule has 5 aliphatic rings. The Morgan fingerprint density at radius 2 is 2.11 bits per heavy atom. The summed E-state index contributed by atoms with van der Waals surface area (Å²) in [6, 6.07) is -0.748. The second-order valence-electron chi connectivity index (χ2n) is 9.52. The zero-order chi connectivity index (χ0) is 19.9. The van der Waals surface area contributed by atoms with Gasteiger partial charge in [-0.1, -0.05) is 12.0 Å². The highest BCUT2D eigenvalue weighted by molar-refractivity contribution is 5.87. The van der Waals surface area contributed by atoms with E-state index < -0.39 is 40.5 Å². The van der Waals surface area contributed by atoms with E-state index in [2.05, 4.69) is 16.9 Å². The Bertz CT molecular complexity index is 825. The Hall–Kier alpha value is -1.44. The summed E-state index contributed by atoms with van der Waals surface area (Å²) >= 11 is 0. The fourth-order valence-corrected chi connectivity index (χ4v) is 7.23. The Labute approximate surface area is 163 Å². The number of rotatable bonds is 2. The lowest BCUT2D eigenvalue weighted by Crippen LogP contribution is -2.69. The zero-order valence-corrected chi connectivity index (χ0v) is 16.3. The van der Waals surface area contributed by atoms with Crippen molar-refractivity contribution in [3.8, 4) is 0 Å². The van der Waals surface area contributed by atoms with Gasteiger partial charge in [0.1, 0.15) is 23.1 Å². The third kappa shape index (κ3) is 1.91. The molecule has 8 heteroatoms. The van der Waals surface area contributed by atoms with Gasteiger partial charge in [-0.25, -0.2) is 0 Å². The van der Waals surface area contributed by atoms with Gasteiger partial charge < -0.3 is 19.7 Å². The molecule has 28 heavy (non-hydrogen) atoms. The maximum Gasteiger partial charge on any atom is 0.139 e. The molecular formula is C20H27N3O5. The summed E-state index contributed by atoms with van der Waals surface area (Å²) in [4.78, 5) is 15.6. The highest BCUT2D eigenvalue weighted by atomic mass is 16.6. The fraction of sp³-hybridized carbons (Fsp3) is 0.850. The van der Waals surface area contributed by atoms with Crippen LogP contribution in [0.2, 0.25) is 0 Å². The van der Waals surface area contributed by atoms with Crippen LogP contribution in [-0.2, 0) is 14.3 Å². The fourth-order valence-electron chi connectivity index (χ4n) is 7.23. The smallest absolute Gasteiger partial charge is 0.139 e. The number of methoxy groups -OCH3 is 1. The number of aliphatic hydroxyl groups excluding tert-OH is 2. The van der Waals surface area contributed by atoms with Crippen molar-refractivity contribution in [3.63, 3.8) is 0 Å². The van der Waals surface area contributed by atoms with Gasteiger partial charge in [0, 0.05) is 29.8 Å².